The number of nitrogens with one attached hydrogen (secondary N) is 1. The molecule has 0 aromatic heterocycles. The first kappa shape index (κ1) is 12.2. The first-order valence-corrected chi connectivity index (χ1v) is 4.22. The number of nitrogens with two attached hydrogens (primary N) is 1. The van der Waals surface area contributed by atoms with Gasteiger partial charge < -0.3 is 0 Å². The number of alkyl halides is 3. The molecule has 0 atom stereocenters. The molecule has 0 heterocycles. The van der Waals surface area contributed by atoms with Crippen LogP contribution in [0.1, 0.15) is 11.1 Å². The fraction of sp³-hybridized carbons (Fsp3) is 0.250. The van der Waals surface area contributed by atoms with Crippen molar-refractivity contribution < 1.29 is 17.6 Å². The Morgan fingerprint density at radius 1 is 1.33 bits per heavy atom. The van der Waals surface area contributed by atoms with E-state index in [1.165, 1.54) is 0 Å². The minimum Gasteiger partial charge on any atom is -0.271 e. The van der Waals surface area contributed by atoms with Crippen molar-refractivity contribution in [3.05, 3.63) is 34.1 Å². The molecule has 3 N–H and O–H groups in total. The molecule has 15 heavy (non-hydrogen) atoms. The van der Waals surface area contributed by atoms with Crippen LogP contribution in [0, 0.1) is 5.82 Å². The Morgan fingerprint density at radius 3 is 2.40 bits per heavy atom. The van der Waals surface area contributed by atoms with Crippen molar-refractivity contribution in [1.82, 2.24) is 5.43 Å². The zero-order valence-electron chi connectivity index (χ0n) is 7.33. The maximum atomic E-state index is 13.2. The van der Waals surface area contributed by atoms with E-state index in [1.807, 2.05) is 0 Å². The molecule has 1 aromatic carbocycles. The van der Waals surface area contributed by atoms with Crippen LogP contribution in [0.25, 0.3) is 0 Å². The van der Waals surface area contributed by atoms with Crippen LogP contribution in [-0.4, -0.2) is 0 Å². The Bertz CT molecular complexity index is 364. The van der Waals surface area contributed by atoms with Gasteiger partial charge in [0.15, 0.2) is 0 Å². The maximum Gasteiger partial charge on any atom is 0.416 e. The van der Waals surface area contributed by atoms with E-state index < -0.39 is 22.6 Å². The summed E-state index contributed by atoms with van der Waals surface area (Å²) in [7, 11) is 0. The molecule has 1 aromatic rings. The molecule has 0 aliphatic heterocycles. The third kappa shape index (κ3) is 2.80. The largest absolute Gasteiger partial charge is 0.416 e. The highest BCUT2D eigenvalue weighted by molar-refractivity contribution is 6.30. The Hall–Kier alpha value is -0.850. The van der Waals surface area contributed by atoms with Gasteiger partial charge in [-0.2, -0.15) is 13.2 Å². The van der Waals surface area contributed by atoms with Crippen LogP contribution in [0.15, 0.2) is 12.1 Å². The zero-order valence-corrected chi connectivity index (χ0v) is 8.08. The fourth-order valence-corrected chi connectivity index (χ4v) is 1.29. The van der Waals surface area contributed by atoms with Gasteiger partial charge in [0.25, 0.3) is 0 Å². The molecule has 2 nitrogen and oxygen atoms in total. The Kier molecular flexibility index (Phi) is 3.54. The van der Waals surface area contributed by atoms with E-state index in [0.717, 1.165) is 0 Å². The topological polar surface area (TPSA) is 38.0 Å². The SMILES string of the molecule is NNCc1cc(C(F)(F)F)cc(Cl)c1F. The van der Waals surface area contributed by atoms with Gasteiger partial charge in [0.05, 0.1) is 10.6 Å². The molecule has 0 aliphatic carbocycles. The van der Waals surface area contributed by atoms with Gasteiger partial charge in [-0.3, -0.25) is 11.3 Å². The van der Waals surface area contributed by atoms with Crippen molar-refractivity contribution in [2.75, 3.05) is 0 Å². The normalized spacial score (nSPS) is 11.9. The molecule has 84 valence electrons. The number of hydrazine groups is 1. The minimum absolute atomic E-state index is 0.225. The van der Waals surface area contributed by atoms with Gasteiger partial charge >= 0.3 is 6.18 Å². The molecule has 0 bridgehead atoms. The molecule has 0 aliphatic rings. The summed E-state index contributed by atoms with van der Waals surface area (Å²) >= 11 is 5.32. The first-order valence-electron chi connectivity index (χ1n) is 3.85. The lowest BCUT2D eigenvalue weighted by Gasteiger charge is -2.10. The van der Waals surface area contributed by atoms with E-state index in [0.29, 0.717) is 12.1 Å². The van der Waals surface area contributed by atoms with Crippen molar-refractivity contribution in [2.45, 2.75) is 12.7 Å². The third-order valence-corrected chi connectivity index (χ3v) is 2.00. The summed E-state index contributed by atoms with van der Waals surface area (Å²) in [5.41, 5.74) is 0.839. The molecule has 0 saturated heterocycles. The van der Waals surface area contributed by atoms with Crippen LogP contribution in [0.4, 0.5) is 17.6 Å². The van der Waals surface area contributed by atoms with Crippen molar-refractivity contribution in [2.24, 2.45) is 5.84 Å². The molecule has 0 spiro atoms. The zero-order chi connectivity index (χ0) is 11.6. The minimum atomic E-state index is -4.55. The van der Waals surface area contributed by atoms with Gasteiger partial charge in [0.2, 0.25) is 0 Å². The molecule has 1 rings (SSSR count). The second-order valence-corrected chi connectivity index (χ2v) is 3.22. The highest BCUT2D eigenvalue weighted by Crippen LogP contribution is 2.33. The number of halogens is 5. The molecule has 0 amide bonds. The van der Waals surface area contributed by atoms with Crippen molar-refractivity contribution >= 4 is 11.6 Å². The lowest BCUT2D eigenvalue weighted by atomic mass is 10.1. The smallest absolute Gasteiger partial charge is 0.271 e. The summed E-state index contributed by atoms with van der Waals surface area (Å²) in [4.78, 5) is 0. The van der Waals surface area contributed by atoms with Crippen LogP contribution < -0.4 is 11.3 Å². The third-order valence-electron chi connectivity index (χ3n) is 1.72. The van der Waals surface area contributed by atoms with Crippen LogP contribution in [0.3, 0.4) is 0 Å². The first-order chi connectivity index (χ1) is 6.86. The predicted octanol–water partition coefficient (Wildman–Crippen LogP) is 2.46. The van der Waals surface area contributed by atoms with E-state index in [4.69, 9.17) is 17.4 Å². The van der Waals surface area contributed by atoms with Gasteiger partial charge in [0.1, 0.15) is 5.82 Å². The highest BCUT2D eigenvalue weighted by Gasteiger charge is 2.32. The van der Waals surface area contributed by atoms with E-state index in [1.54, 1.807) is 0 Å². The standard InChI is InChI=1S/C8H7ClF4N2/c9-6-2-5(8(11,12)13)1-4(3-15-14)7(6)10/h1-2,15H,3,14H2. The molecular weight excluding hydrogens is 236 g/mol. The number of hydrogen-bond acceptors (Lipinski definition) is 2. The van der Waals surface area contributed by atoms with E-state index in [-0.39, 0.29) is 12.1 Å². The summed E-state index contributed by atoms with van der Waals surface area (Å²) in [5.74, 6) is 4.00. The highest BCUT2D eigenvalue weighted by atomic mass is 35.5. The lowest BCUT2D eigenvalue weighted by molar-refractivity contribution is -0.137. The Balaban J connectivity index is 3.23. The van der Waals surface area contributed by atoms with Gasteiger partial charge in [-0.25, -0.2) is 4.39 Å². The number of rotatable bonds is 2. The van der Waals surface area contributed by atoms with Gasteiger partial charge in [-0.15, -0.1) is 0 Å². The fourth-order valence-electron chi connectivity index (χ4n) is 1.05. The Morgan fingerprint density at radius 2 is 1.93 bits per heavy atom. The van der Waals surface area contributed by atoms with E-state index >= 15 is 0 Å². The second kappa shape index (κ2) is 4.34. The van der Waals surface area contributed by atoms with E-state index in [2.05, 4.69) is 5.43 Å². The molecule has 0 radical (unpaired) electrons. The number of hydrogen-bond donors (Lipinski definition) is 2. The number of benzene rings is 1. The molecule has 0 fully saturated rings. The maximum absolute atomic E-state index is 13.2. The second-order valence-electron chi connectivity index (χ2n) is 2.81. The molecule has 7 heteroatoms. The predicted molar refractivity (Wildman–Crippen MR) is 47.4 cm³/mol. The van der Waals surface area contributed by atoms with Crippen LogP contribution in [-0.2, 0) is 12.7 Å². The van der Waals surface area contributed by atoms with E-state index in [9.17, 15) is 17.6 Å². The molecule has 0 saturated carbocycles. The quantitative estimate of drug-likeness (QED) is 0.475. The van der Waals surface area contributed by atoms with Crippen molar-refractivity contribution in [1.29, 1.82) is 0 Å². The average molecular weight is 243 g/mol. The Labute approximate surface area is 88.0 Å². The summed E-state index contributed by atoms with van der Waals surface area (Å²) in [5, 5.41) is -0.574. The summed E-state index contributed by atoms with van der Waals surface area (Å²) in [6, 6.07) is 1.21. The summed E-state index contributed by atoms with van der Waals surface area (Å²) in [6.45, 7) is -0.227. The monoisotopic (exact) mass is 242 g/mol. The van der Waals surface area contributed by atoms with Gasteiger partial charge in [0, 0.05) is 12.1 Å². The van der Waals surface area contributed by atoms with Crippen LogP contribution in [0.2, 0.25) is 5.02 Å². The molecular formula is C8H7ClF4N2. The summed E-state index contributed by atoms with van der Waals surface area (Å²) < 4.78 is 50.0. The van der Waals surface area contributed by atoms with Crippen LogP contribution in [0.5, 0.6) is 0 Å². The van der Waals surface area contributed by atoms with Gasteiger partial charge in [-0.1, -0.05) is 11.6 Å². The lowest BCUT2D eigenvalue weighted by Crippen LogP contribution is -2.22. The molecule has 0 unspecified atom stereocenters. The van der Waals surface area contributed by atoms with Crippen LogP contribution >= 0.6 is 11.6 Å². The van der Waals surface area contributed by atoms with Gasteiger partial charge in [-0.05, 0) is 12.1 Å². The average Bonchev–Trinajstić information content (AvgIpc) is 2.11. The summed E-state index contributed by atoms with van der Waals surface area (Å²) in [6.07, 6.45) is -4.55. The van der Waals surface area contributed by atoms with Crippen molar-refractivity contribution in [3.8, 4) is 0 Å². The van der Waals surface area contributed by atoms with Crippen molar-refractivity contribution in [3.63, 3.8) is 0 Å².